The lowest BCUT2D eigenvalue weighted by molar-refractivity contribution is -0.122. The minimum atomic E-state index is 0. The summed E-state index contributed by atoms with van der Waals surface area (Å²) >= 11 is 0. The van der Waals surface area contributed by atoms with Crippen molar-refractivity contribution in [2.75, 3.05) is 31.2 Å². The Bertz CT molecular complexity index is 576. The molecule has 1 unspecified atom stereocenters. The molecule has 2 amide bonds. The van der Waals surface area contributed by atoms with E-state index in [0.29, 0.717) is 32.6 Å². The minimum Gasteiger partial charge on any atom is -0.378 e. The quantitative estimate of drug-likeness (QED) is 0.835. The van der Waals surface area contributed by atoms with Crippen LogP contribution in [0.2, 0.25) is 0 Å². The van der Waals surface area contributed by atoms with Crippen LogP contribution in [0.1, 0.15) is 24.8 Å². The van der Waals surface area contributed by atoms with E-state index in [1.165, 1.54) is 0 Å². The fourth-order valence-electron chi connectivity index (χ4n) is 3.00. The van der Waals surface area contributed by atoms with Gasteiger partial charge in [-0.1, -0.05) is 12.1 Å². The van der Waals surface area contributed by atoms with E-state index in [0.717, 1.165) is 30.8 Å². The first-order chi connectivity index (χ1) is 11.2. The van der Waals surface area contributed by atoms with Crippen LogP contribution in [0.15, 0.2) is 24.3 Å². The molecule has 2 saturated heterocycles. The minimum absolute atomic E-state index is 0. The molecule has 24 heavy (non-hydrogen) atoms. The lowest BCUT2D eigenvalue weighted by Crippen LogP contribution is -2.44. The molecule has 132 valence electrons. The van der Waals surface area contributed by atoms with Crippen LogP contribution in [0.3, 0.4) is 0 Å². The third-order valence-corrected chi connectivity index (χ3v) is 4.22. The van der Waals surface area contributed by atoms with E-state index in [1.54, 1.807) is 0 Å². The molecule has 0 aliphatic carbocycles. The maximum Gasteiger partial charge on any atom is 0.227 e. The molecule has 2 heterocycles. The first-order valence-electron chi connectivity index (χ1n) is 8.19. The van der Waals surface area contributed by atoms with Crippen LogP contribution in [-0.2, 0) is 20.9 Å². The molecule has 2 aliphatic heterocycles. The molecular formula is C17H24ClN3O3. The van der Waals surface area contributed by atoms with Crippen molar-refractivity contribution in [1.82, 2.24) is 10.6 Å². The third-order valence-electron chi connectivity index (χ3n) is 4.22. The monoisotopic (exact) mass is 353 g/mol. The van der Waals surface area contributed by atoms with Gasteiger partial charge in [0.25, 0.3) is 0 Å². The van der Waals surface area contributed by atoms with Gasteiger partial charge in [-0.25, -0.2) is 0 Å². The highest BCUT2D eigenvalue weighted by molar-refractivity contribution is 5.95. The van der Waals surface area contributed by atoms with Gasteiger partial charge in [0.2, 0.25) is 11.8 Å². The lowest BCUT2D eigenvalue weighted by Gasteiger charge is -2.23. The second-order valence-electron chi connectivity index (χ2n) is 6.03. The van der Waals surface area contributed by atoms with Crippen LogP contribution in [0, 0.1) is 0 Å². The first-order valence-corrected chi connectivity index (χ1v) is 8.19. The Morgan fingerprint density at radius 2 is 2.29 bits per heavy atom. The molecule has 0 spiro atoms. The summed E-state index contributed by atoms with van der Waals surface area (Å²) < 4.78 is 5.35. The summed E-state index contributed by atoms with van der Waals surface area (Å²) in [7, 11) is 0. The fraction of sp³-hybridized carbons (Fsp3) is 0.529. The predicted molar refractivity (Wildman–Crippen MR) is 94.4 cm³/mol. The standard InChI is InChI=1S/C17H23N3O3.ClH/c21-16(10-14-12-23-8-6-18-14)19-11-13-3-1-4-15(9-13)20-7-2-5-17(20)22;/h1,3-4,9,14,18H,2,5-8,10-12H2,(H,19,21);1H. The molecule has 6 nitrogen and oxygen atoms in total. The van der Waals surface area contributed by atoms with Gasteiger partial charge in [-0.3, -0.25) is 9.59 Å². The molecule has 0 aromatic heterocycles. The Kier molecular flexibility index (Phi) is 7.02. The summed E-state index contributed by atoms with van der Waals surface area (Å²) in [5, 5.41) is 6.21. The van der Waals surface area contributed by atoms with E-state index < -0.39 is 0 Å². The molecule has 7 heteroatoms. The van der Waals surface area contributed by atoms with Crippen molar-refractivity contribution >= 4 is 29.9 Å². The summed E-state index contributed by atoms with van der Waals surface area (Å²) in [6, 6.07) is 7.91. The zero-order valence-corrected chi connectivity index (χ0v) is 14.4. The molecular weight excluding hydrogens is 330 g/mol. The van der Waals surface area contributed by atoms with Crippen molar-refractivity contribution in [1.29, 1.82) is 0 Å². The molecule has 0 bridgehead atoms. The Balaban J connectivity index is 0.00000208. The first kappa shape index (κ1) is 18.7. The van der Waals surface area contributed by atoms with Crippen LogP contribution in [0.4, 0.5) is 5.69 Å². The van der Waals surface area contributed by atoms with Gasteiger partial charge in [-0.05, 0) is 24.1 Å². The maximum absolute atomic E-state index is 12.0. The van der Waals surface area contributed by atoms with Crippen molar-refractivity contribution < 1.29 is 14.3 Å². The van der Waals surface area contributed by atoms with Crippen molar-refractivity contribution in [3.05, 3.63) is 29.8 Å². The Hall–Kier alpha value is -1.63. The van der Waals surface area contributed by atoms with Crippen molar-refractivity contribution in [3.8, 4) is 0 Å². The SMILES string of the molecule is Cl.O=C(CC1COCCN1)NCc1cccc(N2CCCC2=O)c1. The zero-order chi connectivity index (χ0) is 16.1. The van der Waals surface area contributed by atoms with Gasteiger partial charge >= 0.3 is 0 Å². The predicted octanol–water partition coefficient (Wildman–Crippen LogP) is 1.23. The average Bonchev–Trinajstić information content (AvgIpc) is 3.00. The van der Waals surface area contributed by atoms with E-state index in [4.69, 9.17) is 4.74 Å². The number of nitrogens with one attached hydrogen (secondary N) is 2. The second kappa shape index (κ2) is 9.01. The number of nitrogens with zero attached hydrogens (tertiary/aromatic N) is 1. The van der Waals surface area contributed by atoms with E-state index in [9.17, 15) is 9.59 Å². The number of anilines is 1. The molecule has 2 aliphatic rings. The zero-order valence-electron chi connectivity index (χ0n) is 13.6. The van der Waals surface area contributed by atoms with Crippen LogP contribution in [-0.4, -0.2) is 44.2 Å². The van der Waals surface area contributed by atoms with Gasteiger partial charge in [0.15, 0.2) is 0 Å². The Morgan fingerprint density at radius 1 is 1.42 bits per heavy atom. The van der Waals surface area contributed by atoms with Crippen LogP contribution in [0.25, 0.3) is 0 Å². The number of amides is 2. The van der Waals surface area contributed by atoms with Gasteiger partial charge in [0.05, 0.1) is 13.2 Å². The van der Waals surface area contributed by atoms with E-state index in [1.807, 2.05) is 29.2 Å². The van der Waals surface area contributed by atoms with Crippen molar-refractivity contribution in [3.63, 3.8) is 0 Å². The van der Waals surface area contributed by atoms with Crippen molar-refractivity contribution in [2.24, 2.45) is 0 Å². The average molecular weight is 354 g/mol. The van der Waals surface area contributed by atoms with Crippen LogP contribution in [0.5, 0.6) is 0 Å². The maximum atomic E-state index is 12.0. The number of carbonyl (C=O) groups excluding carboxylic acids is 2. The second-order valence-corrected chi connectivity index (χ2v) is 6.03. The highest BCUT2D eigenvalue weighted by Gasteiger charge is 2.21. The molecule has 1 aromatic carbocycles. The number of carbonyl (C=O) groups is 2. The number of morpholine rings is 1. The number of rotatable bonds is 5. The van der Waals surface area contributed by atoms with Crippen LogP contribution >= 0.6 is 12.4 Å². The number of hydrogen-bond acceptors (Lipinski definition) is 4. The smallest absolute Gasteiger partial charge is 0.227 e. The molecule has 0 radical (unpaired) electrons. The van der Waals surface area contributed by atoms with Gasteiger partial charge in [0, 0.05) is 44.2 Å². The van der Waals surface area contributed by atoms with Gasteiger partial charge in [-0.15, -0.1) is 12.4 Å². The summed E-state index contributed by atoms with van der Waals surface area (Å²) in [4.78, 5) is 25.6. The summed E-state index contributed by atoms with van der Waals surface area (Å²) in [5.74, 6) is 0.185. The number of hydrogen-bond donors (Lipinski definition) is 2. The molecule has 1 atom stereocenters. The Morgan fingerprint density at radius 3 is 3.00 bits per heavy atom. The fourth-order valence-corrected chi connectivity index (χ4v) is 3.00. The molecule has 2 N–H and O–H groups in total. The van der Waals surface area contributed by atoms with Gasteiger partial charge in [-0.2, -0.15) is 0 Å². The molecule has 2 fully saturated rings. The van der Waals surface area contributed by atoms with Gasteiger partial charge in [0.1, 0.15) is 0 Å². The lowest BCUT2D eigenvalue weighted by atomic mass is 10.1. The number of halogens is 1. The number of benzene rings is 1. The molecule has 0 saturated carbocycles. The molecule has 3 rings (SSSR count). The van der Waals surface area contributed by atoms with E-state index in [-0.39, 0.29) is 30.3 Å². The van der Waals surface area contributed by atoms with Crippen molar-refractivity contribution in [2.45, 2.75) is 31.8 Å². The third kappa shape index (κ3) is 4.93. The highest BCUT2D eigenvalue weighted by Crippen LogP contribution is 2.22. The van der Waals surface area contributed by atoms with Gasteiger partial charge < -0.3 is 20.3 Å². The summed E-state index contributed by atoms with van der Waals surface area (Å²) in [5.41, 5.74) is 1.92. The molecule has 1 aromatic rings. The van der Waals surface area contributed by atoms with E-state index >= 15 is 0 Å². The Labute approximate surface area is 148 Å². The summed E-state index contributed by atoms with van der Waals surface area (Å²) in [6.07, 6.45) is 1.96. The normalized spacial score (nSPS) is 20.6. The topological polar surface area (TPSA) is 70.7 Å². The largest absolute Gasteiger partial charge is 0.378 e. The number of ether oxygens (including phenoxy) is 1. The van der Waals surface area contributed by atoms with Crippen LogP contribution < -0.4 is 15.5 Å². The van der Waals surface area contributed by atoms with E-state index in [2.05, 4.69) is 10.6 Å². The highest BCUT2D eigenvalue weighted by atomic mass is 35.5. The summed E-state index contributed by atoms with van der Waals surface area (Å²) in [6.45, 7) is 3.34.